The van der Waals surface area contributed by atoms with Crippen LogP contribution in [-0.2, 0) is 20.9 Å². The lowest BCUT2D eigenvalue weighted by molar-refractivity contribution is -0.158. The molecular formula is C21H26N6O3S. The monoisotopic (exact) mass is 442 g/mol. The summed E-state index contributed by atoms with van der Waals surface area (Å²) in [5, 5.41) is 11.7. The lowest BCUT2D eigenvalue weighted by Crippen LogP contribution is -2.69. The molecule has 2 aliphatic rings. The zero-order valence-corrected chi connectivity index (χ0v) is 18.4. The van der Waals surface area contributed by atoms with Gasteiger partial charge in [-0.15, -0.1) is 10.2 Å². The van der Waals surface area contributed by atoms with Crippen LogP contribution in [0.3, 0.4) is 0 Å². The van der Waals surface area contributed by atoms with Crippen molar-refractivity contribution in [1.82, 2.24) is 30.0 Å². The molecule has 3 amide bonds. The van der Waals surface area contributed by atoms with Crippen molar-refractivity contribution >= 4 is 29.5 Å². The first kappa shape index (κ1) is 21.5. The number of pyridine rings is 1. The molecule has 0 bridgehead atoms. The lowest BCUT2D eigenvalue weighted by Gasteiger charge is -2.47. The first-order valence-electron chi connectivity index (χ1n) is 10.7. The average molecular weight is 443 g/mol. The molecule has 1 spiro atoms. The third-order valence-electron chi connectivity index (χ3n) is 5.90. The summed E-state index contributed by atoms with van der Waals surface area (Å²) in [5.41, 5.74) is 0.0110. The molecule has 0 aromatic carbocycles. The average Bonchev–Trinajstić information content (AvgIpc) is 3.19. The van der Waals surface area contributed by atoms with Crippen molar-refractivity contribution < 1.29 is 14.4 Å². The molecular weight excluding hydrogens is 416 g/mol. The number of nitrogens with zero attached hydrogens (tertiary/aromatic N) is 5. The van der Waals surface area contributed by atoms with E-state index in [2.05, 4.69) is 27.4 Å². The van der Waals surface area contributed by atoms with Crippen LogP contribution in [0.2, 0.25) is 0 Å². The van der Waals surface area contributed by atoms with E-state index >= 15 is 0 Å². The molecule has 1 N–H and O–H groups in total. The Morgan fingerprint density at radius 3 is 2.61 bits per heavy atom. The van der Waals surface area contributed by atoms with E-state index in [1.165, 1.54) is 16.7 Å². The van der Waals surface area contributed by atoms with E-state index in [1.54, 1.807) is 12.4 Å². The van der Waals surface area contributed by atoms with Gasteiger partial charge < -0.3 is 9.47 Å². The van der Waals surface area contributed by atoms with Gasteiger partial charge in [0.1, 0.15) is 12.1 Å². The number of hydrogen-bond acceptors (Lipinski definition) is 7. The molecule has 31 heavy (non-hydrogen) atoms. The second kappa shape index (κ2) is 9.17. The fraction of sp³-hybridized carbons (Fsp3) is 0.524. The molecule has 1 aliphatic heterocycles. The molecule has 3 heterocycles. The second-order valence-electron chi connectivity index (χ2n) is 7.93. The summed E-state index contributed by atoms with van der Waals surface area (Å²) in [6.45, 7) is 2.71. The van der Waals surface area contributed by atoms with Gasteiger partial charge in [0.25, 0.3) is 5.91 Å². The Balaban J connectivity index is 1.53. The summed E-state index contributed by atoms with van der Waals surface area (Å²) in [5.74, 6) is -0.146. The van der Waals surface area contributed by atoms with Crippen molar-refractivity contribution in [2.45, 2.75) is 62.7 Å². The van der Waals surface area contributed by atoms with E-state index in [-0.39, 0.29) is 24.1 Å². The molecule has 0 radical (unpaired) electrons. The molecule has 9 nitrogen and oxygen atoms in total. The largest absolute Gasteiger partial charge is 0.318 e. The molecule has 2 fully saturated rings. The van der Waals surface area contributed by atoms with Crippen LogP contribution >= 0.6 is 11.8 Å². The molecule has 0 atom stereocenters. The Kier molecular flexibility index (Phi) is 6.35. The third-order valence-corrected chi connectivity index (χ3v) is 6.85. The van der Waals surface area contributed by atoms with E-state index in [9.17, 15) is 14.4 Å². The number of piperazine rings is 1. The second-order valence-corrected chi connectivity index (χ2v) is 8.87. The number of carbonyl (C=O) groups is 3. The standard InChI is InChI=1S/C21H26N6O3S/c1-2-12-26-18(15-6-10-22-11-7-15)24-25-20(26)31-14-17(29)27-13-16(28)23-19(30)21(27)8-4-3-5-9-21/h6-7,10-11H,2-5,8-9,12-14H2,1H3,(H,23,28,30). The van der Waals surface area contributed by atoms with Crippen LogP contribution in [0.1, 0.15) is 45.4 Å². The molecule has 0 unspecified atom stereocenters. The summed E-state index contributed by atoms with van der Waals surface area (Å²) < 4.78 is 2.00. The topological polar surface area (TPSA) is 110 Å². The van der Waals surface area contributed by atoms with Gasteiger partial charge in [-0.25, -0.2) is 0 Å². The van der Waals surface area contributed by atoms with Gasteiger partial charge in [0.2, 0.25) is 11.8 Å². The van der Waals surface area contributed by atoms with Gasteiger partial charge in [0, 0.05) is 24.5 Å². The number of thioether (sulfide) groups is 1. The maximum Gasteiger partial charge on any atom is 0.252 e. The fourth-order valence-corrected chi connectivity index (χ4v) is 5.24. The van der Waals surface area contributed by atoms with E-state index in [0.717, 1.165) is 43.6 Å². The third kappa shape index (κ3) is 4.21. The Hall–Kier alpha value is -2.75. The van der Waals surface area contributed by atoms with E-state index in [1.807, 2.05) is 16.7 Å². The highest BCUT2D eigenvalue weighted by atomic mass is 32.2. The Bertz CT molecular complexity index is 971. The normalized spacial score (nSPS) is 18.3. The van der Waals surface area contributed by atoms with Crippen molar-refractivity contribution in [2.24, 2.45) is 0 Å². The fourth-order valence-electron chi connectivity index (χ4n) is 4.40. The van der Waals surface area contributed by atoms with Gasteiger partial charge in [0.15, 0.2) is 11.0 Å². The molecule has 4 rings (SSSR count). The van der Waals surface area contributed by atoms with Crippen LogP contribution in [-0.4, -0.2) is 60.2 Å². The minimum Gasteiger partial charge on any atom is -0.318 e. The van der Waals surface area contributed by atoms with Gasteiger partial charge in [-0.05, 0) is 31.4 Å². The number of amides is 3. The zero-order chi connectivity index (χ0) is 21.8. The van der Waals surface area contributed by atoms with Crippen LogP contribution in [0.5, 0.6) is 0 Å². The van der Waals surface area contributed by atoms with Crippen molar-refractivity contribution in [3.63, 3.8) is 0 Å². The van der Waals surface area contributed by atoms with Gasteiger partial charge in [-0.3, -0.25) is 24.7 Å². The number of hydrogen-bond donors (Lipinski definition) is 1. The highest BCUT2D eigenvalue weighted by molar-refractivity contribution is 7.99. The van der Waals surface area contributed by atoms with Crippen LogP contribution in [0.15, 0.2) is 29.7 Å². The van der Waals surface area contributed by atoms with Crippen LogP contribution in [0, 0.1) is 0 Å². The van der Waals surface area contributed by atoms with Crippen molar-refractivity contribution in [3.05, 3.63) is 24.5 Å². The summed E-state index contributed by atoms with van der Waals surface area (Å²) in [6.07, 6.45) is 8.29. The van der Waals surface area contributed by atoms with Gasteiger partial charge in [-0.1, -0.05) is 37.9 Å². The van der Waals surface area contributed by atoms with Crippen LogP contribution in [0.25, 0.3) is 11.4 Å². The first-order valence-corrected chi connectivity index (χ1v) is 11.6. The Morgan fingerprint density at radius 1 is 1.16 bits per heavy atom. The van der Waals surface area contributed by atoms with E-state index in [0.29, 0.717) is 18.0 Å². The molecule has 2 aromatic heterocycles. The maximum absolute atomic E-state index is 13.2. The number of imide groups is 1. The SMILES string of the molecule is CCCn1c(SCC(=O)N2CC(=O)NC(=O)C23CCCCC3)nnc1-c1ccncc1. The summed E-state index contributed by atoms with van der Waals surface area (Å²) >= 11 is 1.29. The smallest absolute Gasteiger partial charge is 0.252 e. The number of nitrogens with one attached hydrogen (secondary N) is 1. The number of carbonyl (C=O) groups excluding carboxylic acids is 3. The summed E-state index contributed by atoms with van der Waals surface area (Å²) in [4.78, 5) is 43.5. The molecule has 1 saturated heterocycles. The van der Waals surface area contributed by atoms with Crippen molar-refractivity contribution in [1.29, 1.82) is 0 Å². The van der Waals surface area contributed by atoms with Crippen LogP contribution < -0.4 is 5.32 Å². The van der Waals surface area contributed by atoms with E-state index in [4.69, 9.17) is 0 Å². The Morgan fingerprint density at radius 2 is 1.90 bits per heavy atom. The highest BCUT2D eigenvalue weighted by Crippen LogP contribution is 2.36. The summed E-state index contributed by atoms with van der Waals surface area (Å²) in [7, 11) is 0. The van der Waals surface area contributed by atoms with Gasteiger partial charge in [0.05, 0.1) is 5.75 Å². The first-order chi connectivity index (χ1) is 15.0. The molecule has 164 valence electrons. The number of rotatable bonds is 6. The predicted molar refractivity (Wildman–Crippen MR) is 115 cm³/mol. The molecule has 1 aliphatic carbocycles. The zero-order valence-electron chi connectivity index (χ0n) is 17.5. The van der Waals surface area contributed by atoms with Gasteiger partial charge in [-0.2, -0.15) is 0 Å². The maximum atomic E-state index is 13.2. The van der Waals surface area contributed by atoms with Gasteiger partial charge >= 0.3 is 0 Å². The predicted octanol–water partition coefficient (Wildman–Crippen LogP) is 2.03. The van der Waals surface area contributed by atoms with Crippen molar-refractivity contribution in [3.8, 4) is 11.4 Å². The lowest BCUT2D eigenvalue weighted by atomic mass is 9.78. The molecule has 1 saturated carbocycles. The number of aromatic nitrogens is 4. The minimum absolute atomic E-state index is 0.0744. The minimum atomic E-state index is -0.900. The molecule has 2 aromatic rings. The van der Waals surface area contributed by atoms with Crippen LogP contribution in [0.4, 0.5) is 0 Å². The molecule has 10 heteroatoms. The quantitative estimate of drug-likeness (QED) is 0.538. The summed E-state index contributed by atoms with van der Waals surface area (Å²) in [6, 6.07) is 3.75. The Labute approximate surface area is 185 Å². The highest BCUT2D eigenvalue weighted by Gasteiger charge is 2.50. The van der Waals surface area contributed by atoms with Crippen molar-refractivity contribution in [2.75, 3.05) is 12.3 Å². The van der Waals surface area contributed by atoms with E-state index < -0.39 is 11.4 Å².